The smallest absolute Gasteiger partial charge is 0.184 e. The molecular formula is C13H15N3O2S. The van der Waals surface area contributed by atoms with E-state index in [9.17, 15) is 4.79 Å². The van der Waals surface area contributed by atoms with Gasteiger partial charge in [0.05, 0.1) is 11.9 Å². The summed E-state index contributed by atoms with van der Waals surface area (Å²) in [6, 6.07) is 7.18. The van der Waals surface area contributed by atoms with E-state index in [2.05, 4.69) is 15.2 Å². The molecule has 2 rings (SSSR count). The first kappa shape index (κ1) is 13.6. The molecule has 19 heavy (non-hydrogen) atoms. The van der Waals surface area contributed by atoms with Crippen LogP contribution in [0.4, 0.5) is 0 Å². The summed E-state index contributed by atoms with van der Waals surface area (Å²) in [6.45, 7) is 4.40. The molecule has 0 saturated heterocycles. The maximum Gasteiger partial charge on any atom is 0.184 e. The molecule has 1 aromatic carbocycles. The molecule has 0 aliphatic carbocycles. The van der Waals surface area contributed by atoms with Crippen LogP contribution in [0.15, 0.2) is 35.7 Å². The zero-order valence-corrected chi connectivity index (χ0v) is 11.6. The fourth-order valence-corrected chi connectivity index (χ4v) is 2.38. The number of rotatable bonds is 6. The van der Waals surface area contributed by atoms with Gasteiger partial charge in [-0.2, -0.15) is 5.10 Å². The number of hydrogen-bond donors (Lipinski definition) is 1. The number of ether oxygens (including phenoxy) is 1. The Hall–Kier alpha value is -1.82. The molecule has 0 radical (unpaired) electrons. The lowest BCUT2D eigenvalue weighted by molar-refractivity contribution is 0.0994. The van der Waals surface area contributed by atoms with Gasteiger partial charge in [0.15, 0.2) is 10.9 Å². The van der Waals surface area contributed by atoms with Gasteiger partial charge in [0.25, 0.3) is 0 Å². The first-order valence-corrected chi connectivity index (χ1v) is 6.87. The van der Waals surface area contributed by atoms with Crippen LogP contribution in [0.5, 0.6) is 5.75 Å². The van der Waals surface area contributed by atoms with E-state index in [1.54, 1.807) is 12.1 Å². The van der Waals surface area contributed by atoms with E-state index in [1.165, 1.54) is 18.1 Å². The predicted octanol–water partition coefficient (Wildman–Crippen LogP) is 2.57. The molecule has 0 aliphatic rings. The summed E-state index contributed by atoms with van der Waals surface area (Å²) < 4.78 is 5.35. The van der Waals surface area contributed by atoms with Crippen LogP contribution in [0.3, 0.4) is 0 Å². The highest BCUT2D eigenvalue weighted by Gasteiger charge is 2.17. The van der Waals surface area contributed by atoms with Gasteiger partial charge in [-0.05, 0) is 38.1 Å². The molecule has 0 fully saturated rings. The average molecular weight is 277 g/mol. The van der Waals surface area contributed by atoms with Gasteiger partial charge in [-0.15, -0.1) is 0 Å². The highest BCUT2D eigenvalue weighted by Crippen LogP contribution is 2.22. The third-order valence-corrected chi connectivity index (χ3v) is 3.49. The molecule has 5 nitrogen and oxygen atoms in total. The largest absolute Gasteiger partial charge is 0.494 e. The average Bonchev–Trinajstić information content (AvgIpc) is 2.92. The van der Waals surface area contributed by atoms with E-state index in [0.717, 1.165) is 5.75 Å². The minimum absolute atomic E-state index is 0.0597. The molecule has 1 atom stereocenters. The Morgan fingerprint density at radius 3 is 2.74 bits per heavy atom. The Morgan fingerprint density at radius 1 is 1.42 bits per heavy atom. The topological polar surface area (TPSA) is 67.9 Å². The third-order valence-electron chi connectivity index (χ3n) is 2.50. The maximum atomic E-state index is 12.2. The number of aromatic amines is 1. The van der Waals surface area contributed by atoms with Gasteiger partial charge in [0, 0.05) is 5.56 Å². The third kappa shape index (κ3) is 3.57. The van der Waals surface area contributed by atoms with Gasteiger partial charge in [-0.25, -0.2) is 4.98 Å². The molecule has 100 valence electrons. The van der Waals surface area contributed by atoms with Crippen LogP contribution in [0.25, 0.3) is 0 Å². The van der Waals surface area contributed by atoms with Gasteiger partial charge in [-0.3, -0.25) is 9.89 Å². The molecule has 0 amide bonds. The lowest BCUT2D eigenvalue weighted by atomic mass is 10.1. The summed E-state index contributed by atoms with van der Waals surface area (Å²) in [4.78, 5) is 16.2. The van der Waals surface area contributed by atoms with Gasteiger partial charge in [0.2, 0.25) is 0 Å². The van der Waals surface area contributed by atoms with Crippen molar-refractivity contribution in [3.63, 3.8) is 0 Å². The van der Waals surface area contributed by atoms with Crippen molar-refractivity contribution in [2.45, 2.75) is 24.3 Å². The monoisotopic (exact) mass is 277 g/mol. The number of Topliss-reactive ketones (excluding diaryl/α,β-unsaturated/α-hetero) is 1. The first-order chi connectivity index (χ1) is 9.20. The molecule has 0 spiro atoms. The van der Waals surface area contributed by atoms with E-state index in [-0.39, 0.29) is 11.0 Å². The van der Waals surface area contributed by atoms with Crippen molar-refractivity contribution in [1.29, 1.82) is 0 Å². The molecule has 1 aromatic heterocycles. The second-order valence-electron chi connectivity index (χ2n) is 3.87. The van der Waals surface area contributed by atoms with Crippen molar-refractivity contribution < 1.29 is 9.53 Å². The summed E-state index contributed by atoms with van der Waals surface area (Å²) in [5.74, 6) is 0.832. The van der Waals surface area contributed by atoms with Crippen LogP contribution in [-0.4, -0.2) is 32.8 Å². The van der Waals surface area contributed by atoms with E-state index in [0.29, 0.717) is 17.3 Å². The zero-order valence-electron chi connectivity index (χ0n) is 10.8. The maximum absolute atomic E-state index is 12.2. The van der Waals surface area contributed by atoms with E-state index in [1.807, 2.05) is 26.0 Å². The van der Waals surface area contributed by atoms with E-state index < -0.39 is 0 Å². The van der Waals surface area contributed by atoms with Gasteiger partial charge >= 0.3 is 0 Å². The fraction of sp³-hybridized carbons (Fsp3) is 0.308. The second-order valence-corrected chi connectivity index (χ2v) is 5.20. The minimum Gasteiger partial charge on any atom is -0.494 e. The number of hydrogen-bond acceptors (Lipinski definition) is 5. The highest BCUT2D eigenvalue weighted by molar-refractivity contribution is 8.00. The van der Waals surface area contributed by atoms with Crippen molar-refractivity contribution in [2.24, 2.45) is 0 Å². The van der Waals surface area contributed by atoms with E-state index in [4.69, 9.17) is 4.74 Å². The van der Waals surface area contributed by atoms with Gasteiger partial charge in [0.1, 0.15) is 12.1 Å². The summed E-state index contributed by atoms with van der Waals surface area (Å²) in [6.07, 6.45) is 1.43. The number of thioether (sulfide) groups is 1. The summed E-state index contributed by atoms with van der Waals surface area (Å²) >= 11 is 1.36. The van der Waals surface area contributed by atoms with Crippen LogP contribution in [-0.2, 0) is 0 Å². The summed E-state index contributed by atoms with van der Waals surface area (Å²) in [7, 11) is 0. The standard InChI is InChI=1S/C13H15N3O2S/c1-3-18-11-6-4-10(5-7-11)12(17)9(2)19-13-14-8-15-16-13/h4-9H,3H2,1-2H3,(H,14,15,16)/t9-/m0/s1. The number of benzene rings is 1. The number of nitrogens with zero attached hydrogens (tertiary/aromatic N) is 2. The Kier molecular flexibility index (Phi) is 4.57. The Bertz CT molecular complexity index is 525. The molecule has 6 heteroatoms. The summed E-state index contributed by atoms with van der Waals surface area (Å²) in [5, 5.41) is 6.91. The molecule has 1 heterocycles. The van der Waals surface area contributed by atoms with Crippen LogP contribution >= 0.6 is 11.8 Å². The normalized spacial score (nSPS) is 12.1. The molecular weight excluding hydrogens is 262 g/mol. The van der Waals surface area contributed by atoms with Gasteiger partial charge < -0.3 is 4.74 Å². The minimum atomic E-state index is -0.217. The highest BCUT2D eigenvalue weighted by atomic mass is 32.2. The van der Waals surface area contributed by atoms with Crippen LogP contribution in [0.2, 0.25) is 0 Å². The molecule has 2 aromatic rings. The van der Waals surface area contributed by atoms with Crippen molar-refractivity contribution in [3.05, 3.63) is 36.2 Å². The van der Waals surface area contributed by atoms with Crippen molar-refractivity contribution in [3.8, 4) is 5.75 Å². The Labute approximate surface area is 115 Å². The Balaban J connectivity index is 2.02. The molecule has 0 unspecified atom stereocenters. The zero-order chi connectivity index (χ0) is 13.7. The molecule has 0 aliphatic heterocycles. The van der Waals surface area contributed by atoms with Crippen molar-refractivity contribution >= 4 is 17.5 Å². The number of H-pyrrole nitrogens is 1. The van der Waals surface area contributed by atoms with Crippen molar-refractivity contribution in [2.75, 3.05) is 6.61 Å². The summed E-state index contributed by atoms with van der Waals surface area (Å²) in [5.41, 5.74) is 0.669. The van der Waals surface area contributed by atoms with E-state index >= 15 is 0 Å². The Morgan fingerprint density at radius 2 is 2.16 bits per heavy atom. The number of ketones is 1. The SMILES string of the molecule is CCOc1ccc(C(=O)[C@H](C)Sc2ncn[nH]2)cc1. The fourth-order valence-electron chi connectivity index (χ4n) is 1.59. The number of carbonyl (C=O) groups excluding carboxylic acids is 1. The predicted molar refractivity (Wildman–Crippen MR) is 73.6 cm³/mol. The first-order valence-electron chi connectivity index (χ1n) is 5.99. The van der Waals surface area contributed by atoms with Crippen molar-refractivity contribution in [1.82, 2.24) is 15.2 Å². The van der Waals surface area contributed by atoms with Crippen LogP contribution < -0.4 is 4.74 Å². The molecule has 0 bridgehead atoms. The number of nitrogens with one attached hydrogen (secondary N) is 1. The number of carbonyl (C=O) groups is 1. The van der Waals surface area contributed by atoms with Crippen LogP contribution in [0.1, 0.15) is 24.2 Å². The second kappa shape index (κ2) is 6.38. The lowest BCUT2D eigenvalue weighted by Gasteiger charge is -2.09. The van der Waals surface area contributed by atoms with Gasteiger partial charge in [-0.1, -0.05) is 11.8 Å². The molecule has 1 N–H and O–H groups in total. The quantitative estimate of drug-likeness (QED) is 0.649. The molecule has 0 saturated carbocycles. The lowest BCUT2D eigenvalue weighted by Crippen LogP contribution is -2.13. The van der Waals surface area contributed by atoms with Crippen LogP contribution in [0, 0.1) is 0 Å². The number of aromatic nitrogens is 3.